The summed E-state index contributed by atoms with van der Waals surface area (Å²) in [6, 6.07) is 2.57. The second kappa shape index (κ2) is 11.2. The Morgan fingerprint density at radius 1 is 1.03 bits per heavy atom. The van der Waals surface area contributed by atoms with E-state index in [1.54, 1.807) is 28.6 Å². The smallest absolute Gasteiger partial charge is 0.250 e. The van der Waals surface area contributed by atoms with Gasteiger partial charge in [0.05, 0.1) is 0 Å². The Bertz CT molecular complexity index is 1020. The molecule has 1 N–H and O–H groups in total. The summed E-state index contributed by atoms with van der Waals surface area (Å²) in [5.41, 5.74) is 0. The van der Waals surface area contributed by atoms with Crippen molar-refractivity contribution >= 4 is 34.3 Å². The first-order chi connectivity index (χ1) is 16.3. The number of carbonyl (C=O) groups is 2. The van der Waals surface area contributed by atoms with Crippen LogP contribution in [0.2, 0.25) is 0 Å². The Hall–Kier alpha value is -2.00. The van der Waals surface area contributed by atoms with Crippen molar-refractivity contribution < 1.29 is 22.8 Å². The summed E-state index contributed by atoms with van der Waals surface area (Å²) in [5, 5.41) is 4.04. The van der Waals surface area contributed by atoms with Crippen LogP contribution in [0.25, 0.3) is 10.8 Å². The molecule has 9 heteroatoms. The van der Waals surface area contributed by atoms with Crippen LogP contribution in [0.1, 0.15) is 63.8 Å². The van der Waals surface area contributed by atoms with Gasteiger partial charge in [-0.25, -0.2) is 13.2 Å². The Morgan fingerprint density at radius 2 is 1.76 bits per heavy atom. The number of halogens is 3. The molecule has 2 aliphatic heterocycles. The Kier molecular flexibility index (Phi) is 8.24. The lowest BCUT2D eigenvalue weighted by Gasteiger charge is -2.31. The molecule has 2 saturated heterocycles. The molecule has 1 aromatic heterocycles. The molecule has 2 fully saturated rings. The van der Waals surface area contributed by atoms with Gasteiger partial charge in [0.25, 0.3) is 5.92 Å². The number of fused-ring (bicyclic) bond motifs is 1. The molecule has 2 aromatic rings. The van der Waals surface area contributed by atoms with Crippen LogP contribution in [0, 0.1) is 5.82 Å². The minimum Gasteiger partial charge on any atom is -0.341 e. The molecule has 4 rings (SSSR count). The lowest BCUT2D eigenvalue weighted by Crippen LogP contribution is -2.41. The summed E-state index contributed by atoms with van der Waals surface area (Å²) in [6.45, 7) is 1.89. The maximum absolute atomic E-state index is 14.2. The van der Waals surface area contributed by atoms with Gasteiger partial charge in [-0.2, -0.15) is 0 Å². The second-order valence-electron chi connectivity index (χ2n) is 9.39. The molecular weight excluding hydrogens is 463 g/mol. The average molecular weight is 496 g/mol. The van der Waals surface area contributed by atoms with Crippen LogP contribution < -0.4 is 5.32 Å². The SMILES string of the molecule is O=C1CCC(n2cc3cc(F)cc(SCCCCCCCN4CCC(F)(F)CC4)c3c2)C(=O)N1. The fourth-order valence-electron chi connectivity index (χ4n) is 4.72. The van der Waals surface area contributed by atoms with E-state index >= 15 is 0 Å². The first-order valence-electron chi connectivity index (χ1n) is 12.2. The second-order valence-corrected chi connectivity index (χ2v) is 10.5. The number of amides is 2. The van der Waals surface area contributed by atoms with E-state index in [0.717, 1.165) is 60.1 Å². The lowest BCUT2D eigenvalue weighted by atomic mass is 10.1. The van der Waals surface area contributed by atoms with E-state index in [-0.39, 0.29) is 30.5 Å². The van der Waals surface area contributed by atoms with Gasteiger partial charge in [0.1, 0.15) is 11.9 Å². The topological polar surface area (TPSA) is 54.3 Å². The molecule has 0 bridgehead atoms. The number of thioether (sulfide) groups is 1. The van der Waals surface area contributed by atoms with Crippen LogP contribution in [0.15, 0.2) is 29.4 Å². The molecule has 0 saturated carbocycles. The van der Waals surface area contributed by atoms with Crippen LogP contribution in [-0.4, -0.2) is 52.6 Å². The monoisotopic (exact) mass is 495 g/mol. The van der Waals surface area contributed by atoms with Gasteiger partial charge in [0.2, 0.25) is 11.8 Å². The number of hydrogen-bond donors (Lipinski definition) is 1. The predicted molar refractivity (Wildman–Crippen MR) is 128 cm³/mol. The third-order valence-corrected chi connectivity index (χ3v) is 7.88. The molecule has 0 spiro atoms. The van der Waals surface area contributed by atoms with Crippen molar-refractivity contribution in [1.82, 2.24) is 14.8 Å². The van der Waals surface area contributed by atoms with E-state index < -0.39 is 12.0 Å². The lowest BCUT2D eigenvalue weighted by molar-refractivity contribution is -0.135. The van der Waals surface area contributed by atoms with Crippen molar-refractivity contribution in [2.45, 2.75) is 74.6 Å². The number of alkyl halides is 2. The van der Waals surface area contributed by atoms with Crippen molar-refractivity contribution in [3.05, 3.63) is 30.3 Å². The summed E-state index contributed by atoms with van der Waals surface area (Å²) in [6.07, 6.45) is 9.72. The van der Waals surface area contributed by atoms with E-state index in [1.165, 1.54) is 6.07 Å². The molecule has 5 nitrogen and oxygen atoms in total. The van der Waals surface area contributed by atoms with Gasteiger partial charge >= 0.3 is 0 Å². The van der Waals surface area contributed by atoms with Crippen molar-refractivity contribution in [2.75, 3.05) is 25.4 Å². The number of imide groups is 1. The zero-order valence-corrected chi connectivity index (χ0v) is 20.1. The van der Waals surface area contributed by atoms with Gasteiger partial charge in [0.15, 0.2) is 0 Å². The molecule has 1 aromatic carbocycles. The highest BCUT2D eigenvalue weighted by atomic mass is 32.2. The molecule has 0 radical (unpaired) electrons. The number of carbonyl (C=O) groups excluding carboxylic acids is 2. The number of nitrogens with zero attached hydrogens (tertiary/aromatic N) is 2. The van der Waals surface area contributed by atoms with Crippen molar-refractivity contribution in [1.29, 1.82) is 0 Å². The number of hydrogen-bond acceptors (Lipinski definition) is 4. The number of unbranched alkanes of at least 4 members (excludes halogenated alkanes) is 4. The standard InChI is InChI=1S/C25H32F3N3O2S/c26-19-14-18-16-31(21-6-7-23(32)29-24(21)33)17-20(18)22(15-19)34-13-5-3-1-2-4-10-30-11-8-25(27,28)9-12-30/h14-17,21H,1-13H2,(H,29,32,33). The summed E-state index contributed by atoms with van der Waals surface area (Å²) >= 11 is 1.62. The first kappa shape index (κ1) is 25.1. The molecule has 0 aliphatic carbocycles. The fourth-order valence-corrected chi connectivity index (χ4v) is 5.82. The zero-order valence-electron chi connectivity index (χ0n) is 19.3. The minimum absolute atomic E-state index is 0.0194. The predicted octanol–water partition coefficient (Wildman–Crippen LogP) is 5.53. The van der Waals surface area contributed by atoms with Crippen LogP contribution >= 0.6 is 11.8 Å². The highest BCUT2D eigenvalue weighted by Crippen LogP contribution is 2.33. The number of aromatic nitrogens is 1. The number of nitrogens with one attached hydrogen (secondary N) is 1. The summed E-state index contributed by atoms with van der Waals surface area (Å²) < 4.78 is 42.4. The highest BCUT2D eigenvalue weighted by molar-refractivity contribution is 7.99. The fraction of sp³-hybridized carbons (Fsp3) is 0.600. The van der Waals surface area contributed by atoms with E-state index in [2.05, 4.69) is 10.2 Å². The van der Waals surface area contributed by atoms with E-state index in [4.69, 9.17) is 0 Å². The number of likely N-dealkylation sites (tertiary alicyclic amines) is 1. The summed E-state index contributed by atoms with van der Waals surface area (Å²) in [7, 11) is 0. The number of piperidine rings is 2. The number of rotatable bonds is 10. The molecule has 34 heavy (non-hydrogen) atoms. The van der Waals surface area contributed by atoms with Crippen LogP contribution in [-0.2, 0) is 9.59 Å². The molecule has 1 atom stereocenters. The van der Waals surface area contributed by atoms with E-state index in [1.807, 2.05) is 6.20 Å². The van der Waals surface area contributed by atoms with Gasteiger partial charge in [-0.15, -0.1) is 11.8 Å². The van der Waals surface area contributed by atoms with Gasteiger partial charge in [0, 0.05) is 60.4 Å². The zero-order chi connectivity index (χ0) is 24.1. The van der Waals surface area contributed by atoms with Gasteiger partial charge in [-0.05, 0) is 43.7 Å². The molecule has 2 aliphatic rings. The maximum atomic E-state index is 14.2. The quantitative estimate of drug-likeness (QED) is 0.267. The Morgan fingerprint density at radius 3 is 2.53 bits per heavy atom. The third-order valence-electron chi connectivity index (χ3n) is 6.74. The van der Waals surface area contributed by atoms with E-state index in [9.17, 15) is 22.8 Å². The molecular formula is C25H32F3N3O2S. The normalized spacial score (nSPS) is 21.2. The van der Waals surface area contributed by atoms with Crippen LogP contribution in [0.4, 0.5) is 13.2 Å². The minimum atomic E-state index is -2.48. The van der Waals surface area contributed by atoms with Crippen molar-refractivity contribution in [3.63, 3.8) is 0 Å². The van der Waals surface area contributed by atoms with Gasteiger partial charge in [-0.1, -0.05) is 19.3 Å². The molecule has 2 amide bonds. The van der Waals surface area contributed by atoms with Crippen LogP contribution in [0.5, 0.6) is 0 Å². The maximum Gasteiger partial charge on any atom is 0.250 e. The largest absolute Gasteiger partial charge is 0.341 e. The molecule has 1 unspecified atom stereocenters. The van der Waals surface area contributed by atoms with Gasteiger partial charge < -0.3 is 9.47 Å². The number of benzene rings is 1. The van der Waals surface area contributed by atoms with Crippen molar-refractivity contribution in [3.8, 4) is 0 Å². The van der Waals surface area contributed by atoms with Crippen LogP contribution in [0.3, 0.4) is 0 Å². The van der Waals surface area contributed by atoms with Gasteiger partial charge in [-0.3, -0.25) is 14.9 Å². The highest BCUT2D eigenvalue weighted by Gasteiger charge is 2.33. The Labute approximate surface area is 202 Å². The Balaban J connectivity index is 1.20. The average Bonchev–Trinajstić information content (AvgIpc) is 3.20. The molecule has 3 heterocycles. The summed E-state index contributed by atoms with van der Waals surface area (Å²) in [4.78, 5) is 26.6. The van der Waals surface area contributed by atoms with E-state index in [0.29, 0.717) is 25.9 Å². The van der Waals surface area contributed by atoms with Crippen molar-refractivity contribution in [2.24, 2.45) is 0 Å². The summed E-state index contributed by atoms with van der Waals surface area (Å²) in [5.74, 6) is -2.47. The third kappa shape index (κ3) is 6.56. The molecule has 186 valence electrons. The first-order valence-corrected chi connectivity index (χ1v) is 13.2.